The van der Waals surface area contributed by atoms with Crippen LogP contribution in [0.5, 0.6) is 17.2 Å². The summed E-state index contributed by atoms with van der Waals surface area (Å²) >= 11 is 0. The minimum absolute atomic E-state index is 0.0293. The maximum atomic E-state index is 15.0. The fraction of sp³-hybridized carbons (Fsp3) is 0.250. The summed E-state index contributed by atoms with van der Waals surface area (Å²) in [6.45, 7) is 1.63. The van der Waals surface area contributed by atoms with Crippen molar-refractivity contribution in [3.63, 3.8) is 0 Å². The number of benzene rings is 2. The summed E-state index contributed by atoms with van der Waals surface area (Å²) in [4.78, 5) is 15.5. The number of halogens is 2. The summed E-state index contributed by atoms with van der Waals surface area (Å²) < 4.78 is 45.9. The van der Waals surface area contributed by atoms with Gasteiger partial charge in [-0.3, -0.25) is 9.78 Å². The molecule has 0 saturated heterocycles. The second kappa shape index (κ2) is 8.82. The highest BCUT2D eigenvalue weighted by Gasteiger charge is 2.28. The number of rotatable bonds is 6. The fourth-order valence-electron chi connectivity index (χ4n) is 3.47. The van der Waals surface area contributed by atoms with Gasteiger partial charge in [-0.25, -0.2) is 8.78 Å². The topological polar surface area (TPSA) is 77.9 Å². The molecule has 6 nitrogen and oxygen atoms in total. The average molecular weight is 441 g/mol. The first-order chi connectivity index (χ1) is 15.4. The SMILES string of the molecule is COc1ccc(F)c(-c2ccc(C3COc4ccc(C[C@H](C)C(=O)O)c(F)c4O3)nc2)c1. The molecule has 2 atom stereocenters. The van der Waals surface area contributed by atoms with Crippen LogP contribution in [0, 0.1) is 17.6 Å². The van der Waals surface area contributed by atoms with Crippen LogP contribution >= 0.6 is 0 Å². The highest BCUT2D eigenvalue weighted by atomic mass is 19.1. The van der Waals surface area contributed by atoms with Gasteiger partial charge in [0.1, 0.15) is 18.2 Å². The van der Waals surface area contributed by atoms with Gasteiger partial charge in [0.15, 0.2) is 23.4 Å². The Morgan fingerprint density at radius 2 is 2.06 bits per heavy atom. The molecule has 166 valence electrons. The Labute approximate surface area is 183 Å². The lowest BCUT2D eigenvalue weighted by Crippen LogP contribution is -2.24. The molecule has 0 bridgehead atoms. The molecule has 0 radical (unpaired) electrons. The summed E-state index contributed by atoms with van der Waals surface area (Å²) in [7, 11) is 1.50. The van der Waals surface area contributed by atoms with Crippen molar-refractivity contribution in [1.29, 1.82) is 0 Å². The molecule has 0 aliphatic carbocycles. The smallest absolute Gasteiger partial charge is 0.306 e. The zero-order chi connectivity index (χ0) is 22.8. The van der Waals surface area contributed by atoms with Crippen LogP contribution in [0.25, 0.3) is 11.1 Å². The monoisotopic (exact) mass is 441 g/mol. The Kier molecular flexibility index (Phi) is 5.94. The quantitative estimate of drug-likeness (QED) is 0.592. The molecule has 1 aliphatic heterocycles. The van der Waals surface area contributed by atoms with E-state index in [2.05, 4.69) is 4.98 Å². The summed E-state index contributed by atoms with van der Waals surface area (Å²) in [5.41, 5.74) is 1.63. The van der Waals surface area contributed by atoms with Gasteiger partial charge in [-0.05, 0) is 42.3 Å². The van der Waals surface area contributed by atoms with Crippen LogP contribution in [-0.2, 0) is 11.2 Å². The highest BCUT2D eigenvalue weighted by Crippen LogP contribution is 2.40. The molecule has 1 aliphatic rings. The number of pyridine rings is 1. The molecule has 0 amide bonds. The van der Waals surface area contributed by atoms with E-state index >= 15 is 0 Å². The first-order valence-electron chi connectivity index (χ1n) is 10.0. The fourth-order valence-corrected chi connectivity index (χ4v) is 3.47. The first-order valence-corrected chi connectivity index (χ1v) is 10.0. The summed E-state index contributed by atoms with van der Waals surface area (Å²) in [6, 6.07) is 10.9. The lowest BCUT2D eigenvalue weighted by molar-refractivity contribution is -0.141. The summed E-state index contributed by atoms with van der Waals surface area (Å²) in [6.07, 6.45) is 0.864. The van der Waals surface area contributed by atoms with Crippen LogP contribution in [-0.4, -0.2) is 29.8 Å². The van der Waals surface area contributed by atoms with Crippen LogP contribution in [0.1, 0.15) is 24.3 Å². The number of hydrogen-bond donors (Lipinski definition) is 1. The number of carboxylic acids is 1. The van der Waals surface area contributed by atoms with Gasteiger partial charge in [-0.15, -0.1) is 0 Å². The number of fused-ring (bicyclic) bond motifs is 1. The third-order valence-corrected chi connectivity index (χ3v) is 5.34. The molecule has 0 spiro atoms. The minimum atomic E-state index is -1.01. The molecule has 8 heteroatoms. The van der Waals surface area contributed by atoms with Crippen molar-refractivity contribution >= 4 is 5.97 Å². The van der Waals surface area contributed by atoms with Gasteiger partial charge in [-0.2, -0.15) is 0 Å². The molecule has 1 N–H and O–H groups in total. The number of carbonyl (C=O) groups is 1. The van der Waals surface area contributed by atoms with Crippen molar-refractivity contribution in [2.75, 3.05) is 13.7 Å². The molecule has 4 rings (SSSR count). The first kappa shape index (κ1) is 21.5. The summed E-state index contributed by atoms with van der Waals surface area (Å²) in [5, 5.41) is 9.10. The van der Waals surface area contributed by atoms with Crippen molar-refractivity contribution in [3.8, 4) is 28.4 Å². The molecule has 1 unspecified atom stereocenters. The second-order valence-electron chi connectivity index (χ2n) is 7.54. The predicted octanol–water partition coefficient (Wildman–Crippen LogP) is 4.81. The van der Waals surface area contributed by atoms with Gasteiger partial charge in [0.25, 0.3) is 0 Å². The average Bonchev–Trinajstić information content (AvgIpc) is 2.81. The van der Waals surface area contributed by atoms with E-state index in [9.17, 15) is 13.6 Å². The number of aliphatic carboxylic acids is 1. The van der Waals surface area contributed by atoms with E-state index in [0.717, 1.165) is 0 Å². The van der Waals surface area contributed by atoms with Crippen LogP contribution in [0.15, 0.2) is 48.7 Å². The Morgan fingerprint density at radius 3 is 2.75 bits per heavy atom. The van der Waals surface area contributed by atoms with E-state index in [0.29, 0.717) is 22.6 Å². The third-order valence-electron chi connectivity index (χ3n) is 5.34. The molecular formula is C24H21F2NO5. The van der Waals surface area contributed by atoms with Crippen LogP contribution < -0.4 is 14.2 Å². The Bertz CT molecular complexity index is 1150. The number of nitrogens with zero attached hydrogens (tertiary/aromatic N) is 1. The Morgan fingerprint density at radius 1 is 1.25 bits per heavy atom. The van der Waals surface area contributed by atoms with E-state index in [4.69, 9.17) is 19.3 Å². The number of carboxylic acid groups (broad SMARTS) is 1. The maximum absolute atomic E-state index is 15.0. The normalized spacial score (nSPS) is 15.8. The number of hydrogen-bond acceptors (Lipinski definition) is 5. The van der Waals surface area contributed by atoms with Gasteiger partial charge < -0.3 is 19.3 Å². The molecule has 32 heavy (non-hydrogen) atoms. The lowest BCUT2D eigenvalue weighted by atomic mass is 10.00. The van der Waals surface area contributed by atoms with Gasteiger partial charge in [0, 0.05) is 17.3 Å². The number of ether oxygens (including phenoxy) is 3. The van der Waals surface area contributed by atoms with Gasteiger partial charge >= 0.3 is 5.97 Å². The minimum Gasteiger partial charge on any atom is -0.497 e. The maximum Gasteiger partial charge on any atom is 0.306 e. The zero-order valence-corrected chi connectivity index (χ0v) is 17.5. The molecule has 2 aromatic carbocycles. The Hall–Kier alpha value is -3.68. The molecule has 2 heterocycles. The lowest BCUT2D eigenvalue weighted by Gasteiger charge is -2.27. The van der Waals surface area contributed by atoms with Crippen molar-refractivity contribution in [2.45, 2.75) is 19.4 Å². The van der Waals surface area contributed by atoms with E-state index in [1.165, 1.54) is 38.4 Å². The number of aromatic nitrogens is 1. The van der Waals surface area contributed by atoms with Crippen LogP contribution in [0.2, 0.25) is 0 Å². The second-order valence-corrected chi connectivity index (χ2v) is 7.54. The molecule has 0 fully saturated rings. The van der Waals surface area contributed by atoms with E-state index in [-0.39, 0.29) is 30.1 Å². The third kappa shape index (κ3) is 4.21. The van der Waals surface area contributed by atoms with E-state index in [1.807, 2.05) is 0 Å². The molecule has 0 saturated carbocycles. The van der Waals surface area contributed by atoms with E-state index < -0.39 is 29.6 Å². The van der Waals surface area contributed by atoms with Crippen molar-refractivity contribution in [2.24, 2.45) is 5.92 Å². The molecule has 1 aromatic heterocycles. The van der Waals surface area contributed by atoms with E-state index in [1.54, 1.807) is 24.3 Å². The number of methoxy groups -OCH3 is 1. The van der Waals surface area contributed by atoms with Gasteiger partial charge in [-0.1, -0.05) is 19.1 Å². The van der Waals surface area contributed by atoms with Crippen LogP contribution in [0.3, 0.4) is 0 Å². The highest BCUT2D eigenvalue weighted by molar-refractivity contribution is 5.70. The van der Waals surface area contributed by atoms with Crippen molar-refractivity contribution < 1.29 is 32.9 Å². The standard InChI is InChI=1S/C24H21F2NO5/c1-13(24(28)29)9-14-4-8-20-23(22(14)26)32-21(12-31-20)19-7-3-15(11-27-19)17-10-16(30-2)5-6-18(17)25/h3-8,10-11,13,21H,9,12H2,1-2H3,(H,28,29)/t13-,21?/m0/s1. The van der Waals surface area contributed by atoms with Gasteiger partial charge in [0.05, 0.1) is 18.7 Å². The largest absolute Gasteiger partial charge is 0.497 e. The molecular weight excluding hydrogens is 420 g/mol. The van der Waals surface area contributed by atoms with Crippen molar-refractivity contribution in [1.82, 2.24) is 4.98 Å². The predicted molar refractivity (Wildman–Crippen MR) is 112 cm³/mol. The Balaban J connectivity index is 1.57. The molecule has 3 aromatic rings. The van der Waals surface area contributed by atoms with Crippen LogP contribution in [0.4, 0.5) is 8.78 Å². The van der Waals surface area contributed by atoms with Crippen molar-refractivity contribution in [3.05, 3.63) is 71.6 Å². The zero-order valence-electron chi connectivity index (χ0n) is 17.5. The summed E-state index contributed by atoms with van der Waals surface area (Å²) in [5.74, 6) is -2.09. The van der Waals surface area contributed by atoms with Gasteiger partial charge in [0.2, 0.25) is 0 Å².